The molecule has 0 radical (unpaired) electrons. The lowest BCUT2D eigenvalue weighted by atomic mass is 9.86. The zero-order chi connectivity index (χ0) is 13.8. The molecule has 0 saturated heterocycles. The van der Waals surface area contributed by atoms with Crippen LogP contribution in [0.2, 0.25) is 0 Å². The molecule has 1 unspecified atom stereocenters. The highest BCUT2D eigenvalue weighted by molar-refractivity contribution is 9.09. The van der Waals surface area contributed by atoms with Gasteiger partial charge in [0.15, 0.2) is 11.6 Å². The Morgan fingerprint density at radius 1 is 0.842 bits per heavy atom. The van der Waals surface area contributed by atoms with E-state index in [0.717, 1.165) is 31.7 Å². The summed E-state index contributed by atoms with van der Waals surface area (Å²) in [6.07, 6.45) is 7.94. The molecule has 0 heterocycles. The third-order valence-corrected chi connectivity index (χ3v) is 5.14. The minimum Gasteiger partial charge on any atom is -0.207 e. The minimum atomic E-state index is -1.13. The average molecular weight is 335 g/mol. The molecule has 0 N–H and O–H groups in total. The van der Waals surface area contributed by atoms with Crippen LogP contribution in [0.1, 0.15) is 55.3 Å². The summed E-state index contributed by atoms with van der Waals surface area (Å²) < 4.78 is 40.0. The second kappa shape index (κ2) is 6.78. The molecule has 1 aliphatic rings. The zero-order valence-electron chi connectivity index (χ0n) is 10.8. The van der Waals surface area contributed by atoms with Gasteiger partial charge in [-0.25, -0.2) is 13.2 Å². The van der Waals surface area contributed by atoms with Gasteiger partial charge in [-0.05, 0) is 24.8 Å². The van der Waals surface area contributed by atoms with E-state index in [2.05, 4.69) is 15.9 Å². The standard InChI is InChI=1S/C15H18BrF3/c16-15(10-6-4-2-1-3-5-7-10)11-8-13(18)14(19)9-12(11)17/h8-10,15H,1-7H2. The maximum absolute atomic E-state index is 13.8. The Morgan fingerprint density at radius 2 is 1.37 bits per heavy atom. The zero-order valence-corrected chi connectivity index (χ0v) is 12.4. The number of hydrogen-bond acceptors (Lipinski definition) is 0. The largest absolute Gasteiger partial charge is 0.207 e. The molecule has 0 bridgehead atoms. The van der Waals surface area contributed by atoms with E-state index in [1.54, 1.807) is 0 Å². The summed E-state index contributed by atoms with van der Waals surface area (Å²) in [4.78, 5) is -0.235. The fourth-order valence-corrected chi connectivity index (χ4v) is 3.66. The lowest BCUT2D eigenvalue weighted by Crippen LogP contribution is -2.12. The van der Waals surface area contributed by atoms with Gasteiger partial charge in [-0.1, -0.05) is 48.0 Å². The molecule has 1 fully saturated rings. The van der Waals surface area contributed by atoms with Gasteiger partial charge < -0.3 is 0 Å². The first-order valence-corrected chi connectivity index (χ1v) is 7.79. The summed E-state index contributed by atoms with van der Waals surface area (Å²) in [7, 11) is 0. The SMILES string of the molecule is Fc1cc(F)c(C(Br)C2CCCCCCC2)cc1F. The van der Waals surface area contributed by atoms with Crippen LogP contribution in [0.15, 0.2) is 12.1 Å². The molecule has 1 saturated carbocycles. The first-order chi connectivity index (χ1) is 9.09. The van der Waals surface area contributed by atoms with Crippen molar-refractivity contribution < 1.29 is 13.2 Å². The van der Waals surface area contributed by atoms with Gasteiger partial charge in [0.1, 0.15) is 5.82 Å². The van der Waals surface area contributed by atoms with Crippen LogP contribution in [0.3, 0.4) is 0 Å². The fraction of sp³-hybridized carbons (Fsp3) is 0.600. The highest BCUT2D eigenvalue weighted by Gasteiger charge is 2.25. The van der Waals surface area contributed by atoms with Crippen LogP contribution in [-0.4, -0.2) is 0 Å². The molecule has 0 aromatic heterocycles. The van der Waals surface area contributed by atoms with Gasteiger partial charge in [0, 0.05) is 16.5 Å². The maximum Gasteiger partial charge on any atom is 0.161 e. The lowest BCUT2D eigenvalue weighted by Gasteiger charge is -2.25. The van der Waals surface area contributed by atoms with Gasteiger partial charge in [-0.15, -0.1) is 0 Å². The Morgan fingerprint density at radius 3 is 2.00 bits per heavy atom. The van der Waals surface area contributed by atoms with Crippen molar-refractivity contribution in [2.75, 3.05) is 0 Å². The molecule has 1 aromatic carbocycles. The Hall–Kier alpha value is -0.510. The van der Waals surface area contributed by atoms with E-state index in [0.29, 0.717) is 12.0 Å². The molecule has 2 rings (SSSR count). The molecule has 1 atom stereocenters. The average Bonchev–Trinajstić information content (AvgIpc) is 2.32. The summed E-state index contributed by atoms with van der Waals surface area (Å²) in [5.41, 5.74) is 0.240. The van der Waals surface area contributed by atoms with Gasteiger partial charge in [0.2, 0.25) is 0 Å². The van der Waals surface area contributed by atoms with E-state index in [1.165, 1.54) is 19.3 Å². The van der Waals surface area contributed by atoms with E-state index in [-0.39, 0.29) is 10.4 Å². The van der Waals surface area contributed by atoms with E-state index in [1.807, 2.05) is 0 Å². The van der Waals surface area contributed by atoms with Crippen molar-refractivity contribution in [3.05, 3.63) is 35.1 Å². The third-order valence-electron chi connectivity index (χ3n) is 3.90. The van der Waals surface area contributed by atoms with Gasteiger partial charge in [0.25, 0.3) is 0 Å². The quantitative estimate of drug-likeness (QED) is 0.466. The molecular weight excluding hydrogens is 317 g/mol. The first kappa shape index (κ1) is 14.9. The predicted octanol–water partition coefficient (Wildman–Crippen LogP) is 5.90. The molecule has 0 nitrogen and oxygen atoms in total. The number of halogens is 4. The van der Waals surface area contributed by atoms with Crippen molar-refractivity contribution >= 4 is 15.9 Å². The number of alkyl halides is 1. The van der Waals surface area contributed by atoms with Crippen LogP contribution in [0, 0.1) is 23.4 Å². The van der Waals surface area contributed by atoms with Crippen molar-refractivity contribution in [3.63, 3.8) is 0 Å². The molecule has 0 amide bonds. The highest BCUT2D eigenvalue weighted by atomic mass is 79.9. The van der Waals surface area contributed by atoms with Crippen molar-refractivity contribution in [3.8, 4) is 0 Å². The number of benzene rings is 1. The molecule has 0 aliphatic heterocycles. The maximum atomic E-state index is 13.8. The van der Waals surface area contributed by atoms with Gasteiger partial charge >= 0.3 is 0 Å². The smallest absolute Gasteiger partial charge is 0.161 e. The second-order valence-electron chi connectivity index (χ2n) is 5.29. The van der Waals surface area contributed by atoms with Crippen LogP contribution >= 0.6 is 15.9 Å². The van der Waals surface area contributed by atoms with Crippen LogP contribution in [0.4, 0.5) is 13.2 Å². The molecule has 19 heavy (non-hydrogen) atoms. The first-order valence-electron chi connectivity index (χ1n) is 6.88. The van der Waals surface area contributed by atoms with Crippen molar-refractivity contribution in [1.29, 1.82) is 0 Å². The van der Waals surface area contributed by atoms with E-state index in [4.69, 9.17) is 0 Å². The summed E-state index contributed by atoms with van der Waals surface area (Å²) in [6, 6.07) is 1.63. The van der Waals surface area contributed by atoms with Gasteiger partial charge in [-0.3, -0.25) is 0 Å². The van der Waals surface area contributed by atoms with Crippen LogP contribution in [-0.2, 0) is 0 Å². The Bertz CT molecular complexity index is 426. The molecule has 4 heteroatoms. The van der Waals surface area contributed by atoms with Crippen LogP contribution in [0.25, 0.3) is 0 Å². The summed E-state index contributed by atoms with van der Waals surface area (Å²) in [5, 5.41) is 0. The van der Waals surface area contributed by atoms with Crippen molar-refractivity contribution in [1.82, 2.24) is 0 Å². The van der Waals surface area contributed by atoms with Gasteiger partial charge in [0.05, 0.1) is 0 Å². The number of rotatable bonds is 2. The van der Waals surface area contributed by atoms with Crippen molar-refractivity contribution in [2.45, 2.75) is 49.8 Å². The minimum absolute atomic E-state index is 0.235. The Balaban J connectivity index is 2.17. The summed E-state index contributed by atoms with van der Waals surface area (Å²) in [6.45, 7) is 0. The molecule has 106 valence electrons. The van der Waals surface area contributed by atoms with E-state index >= 15 is 0 Å². The van der Waals surface area contributed by atoms with Gasteiger partial charge in [-0.2, -0.15) is 0 Å². The predicted molar refractivity (Wildman–Crippen MR) is 73.8 cm³/mol. The molecule has 1 aromatic rings. The molecule has 1 aliphatic carbocycles. The van der Waals surface area contributed by atoms with Crippen molar-refractivity contribution in [2.24, 2.45) is 5.92 Å². The normalized spacial score (nSPS) is 19.8. The topological polar surface area (TPSA) is 0 Å². The van der Waals surface area contributed by atoms with Crippen LogP contribution < -0.4 is 0 Å². The summed E-state index contributed by atoms with van der Waals surface area (Å²) >= 11 is 3.49. The second-order valence-corrected chi connectivity index (χ2v) is 6.28. The highest BCUT2D eigenvalue weighted by Crippen LogP contribution is 2.40. The number of hydrogen-bond donors (Lipinski definition) is 0. The Kier molecular flexibility index (Phi) is 5.31. The summed E-state index contributed by atoms with van der Waals surface area (Å²) in [5.74, 6) is -2.48. The molecular formula is C15H18BrF3. The fourth-order valence-electron chi connectivity index (χ4n) is 2.78. The molecule has 0 spiro atoms. The van der Waals surface area contributed by atoms with E-state index < -0.39 is 17.5 Å². The third kappa shape index (κ3) is 3.74. The van der Waals surface area contributed by atoms with Crippen LogP contribution in [0.5, 0.6) is 0 Å². The Labute approximate surface area is 120 Å². The van der Waals surface area contributed by atoms with E-state index in [9.17, 15) is 13.2 Å². The monoisotopic (exact) mass is 334 g/mol. The lowest BCUT2D eigenvalue weighted by molar-refractivity contribution is 0.368.